The van der Waals surface area contributed by atoms with Gasteiger partial charge in [0.25, 0.3) is 0 Å². The third-order valence-electron chi connectivity index (χ3n) is 3.08. The summed E-state index contributed by atoms with van der Waals surface area (Å²) in [4.78, 5) is 23.3. The fraction of sp³-hybridized carbons (Fsp3) is 0.118. The molecule has 0 aliphatic carbocycles. The number of aryl methyl sites for hydroxylation is 1. The molecule has 0 fully saturated rings. The predicted octanol–water partition coefficient (Wildman–Crippen LogP) is 2.48. The molecule has 5 nitrogen and oxygen atoms in total. The molecular weight excluding hydrogens is 297 g/mol. The predicted molar refractivity (Wildman–Crippen MR) is 86.6 cm³/mol. The first-order chi connectivity index (χ1) is 11.1. The summed E-state index contributed by atoms with van der Waals surface area (Å²) in [5, 5.41) is 6.13. The number of hydrogen-bond donors (Lipinski definition) is 2. The first kappa shape index (κ1) is 16.4. The molecule has 0 aliphatic rings. The van der Waals surface area contributed by atoms with E-state index in [1.807, 2.05) is 19.1 Å². The van der Waals surface area contributed by atoms with Gasteiger partial charge in [0, 0.05) is 5.69 Å². The molecule has 6 heteroatoms. The number of anilines is 1. The topological polar surface area (TPSA) is 70.6 Å². The van der Waals surface area contributed by atoms with Gasteiger partial charge in [0.1, 0.15) is 5.82 Å². The Hall–Kier alpha value is -3.02. The van der Waals surface area contributed by atoms with E-state index in [1.54, 1.807) is 12.1 Å². The van der Waals surface area contributed by atoms with Gasteiger partial charge < -0.3 is 5.32 Å². The summed E-state index contributed by atoms with van der Waals surface area (Å²) in [5.74, 6) is -2.06. The molecule has 118 valence electrons. The number of amides is 2. The monoisotopic (exact) mass is 313 g/mol. The van der Waals surface area contributed by atoms with Crippen molar-refractivity contribution in [2.45, 2.75) is 13.3 Å². The van der Waals surface area contributed by atoms with Crippen LogP contribution in [0.15, 0.2) is 53.6 Å². The molecule has 2 rings (SSSR count). The summed E-state index contributed by atoms with van der Waals surface area (Å²) in [7, 11) is 0. The van der Waals surface area contributed by atoms with Crippen LogP contribution in [-0.4, -0.2) is 18.0 Å². The first-order valence-corrected chi connectivity index (χ1v) is 7.07. The fourth-order valence-electron chi connectivity index (χ4n) is 1.78. The number of nitrogens with zero attached hydrogens (tertiary/aromatic N) is 1. The zero-order chi connectivity index (χ0) is 16.7. The van der Waals surface area contributed by atoms with Crippen LogP contribution in [0.1, 0.15) is 18.1 Å². The average Bonchev–Trinajstić information content (AvgIpc) is 2.57. The van der Waals surface area contributed by atoms with Gasteiger partial charge in [-0.05, 0) is 41.8 Å². The number of rotatable bonds is 4. The maximum atomic E-state index is 12.7. The smallest absolute Gasteiger partial charge is 0.318 e. The van der Waals surface area contributed by atoms with Crippen molar-refractivity contribution < 1.29 is 14.0 Å². The normalized spacial score (nSPS) is 10.5. The average molecular weight is 313 g/mol. The lowest BCUT2D eigenvalue weighted by Crippen LogP contribution is -2.32. The van der Waals surface area contributed by atoms with Gasteiger partial charge in [-0.2, -0.15) is 5.10 Å². The van der Waals surface area contributed by atoms with E-state index in [1.165, 1.54) is 30.5 Å². The second-order valence-electron chi connectivity index (χ2n) is 4.76. The molecule has 23 heavy (non-hydrogen) atoms. The van der Waals surface area contributed by atoms with Gasteiger partial charge in [0.15, 0.2) is 0 Å². The lowest BCUT2D eigenvalue weighted by molar-refractivity contribution is -0.136. The summed E-state index contributed by atoms with van der Waals surface area (Å²) in [5.41, 5.74) is 4.38. The molecule has 2 aromatic rings. The van der Waals surface area contributed by atoms with Crippen molar-refractivity contribution in [3.63, 3.8) is 0 Å². The van der Waals surface area contributed by atoms with E-state index in [2.05, 4.69) is 15.8 Å². The Kier molecular flexibility index (Phi) is 5.57. The van der Waals surface area contributed by atoms with Crippen molar-refractivity contribution in [3.8, 4) is 0 Å². The summed E-state index contributed by atoms with van der Waals surface area (Å²) in [6.07, 6.45) is 2.22. The van der Waals surface area contributed by atoms with Crippen LogP contribution in [-0.2, 0) is 16.0 Å². The second-order valence-corrected chi connectivity index (χ2v) is 4.76. The number of hydrogen-bond acceptors (Lipinski definition) is 3. The number of benzene rings is 2. The molecule has 0 saturated carbocycles. The van der Waals surface area contributed by atoms with Crippen LogP contribution in [0, 0.1) is 5.82 Å². The Morgan fingerprint density at radius 3 is 2.30 bits per heavy atom. The second kappa shape index (κ2) is 7.84. The molecule has 2 amide bonds. The van der Waals surface area contributed by atoms with Crippen molar-refractivity contribution in [1.29, 1.82) is 0 Å². The number of carbonyl (C=O) groups is 2. The van der Waals surface area contributed by atoms with Crippen LogP contribution >= 0.6 is 0 Å². The SMILES string of the molecule is CCc1ccc(NC(=O)C(=O)N/N=C\c2ccc(F)cc2)cc1. The van der Waals surface area contributed by atoms with Crippen molar-refractivity contribution in [2.24, 2.45) is 5.10 Å². The Morgan fingerprint density at radius 2 is 1.70 bits per heavy atom. The molecule has 0 atom stereocenters. The quantitative estimate of drug-likeness (QED) is 0.517. The number of halogens is 1. The van der Waals surface area contributed by atoms with E-state index >= 15 is 0 Å². The highest BCUT2D eigenvalue weighted by Crippen LogP contribution is 2.09. The molecular formula is C17H16FN3O2. The van der Waals surface area contributed by atoms with Crippen molar-refractivity contribution >= 4 is 23.7 Å². The summed E-state index contributed by atoms with van der Waals surface area (Å²) in [6.45, 7) is 2.03. The van der Waals surface area contributed by atoms with E-state index in [0.717, 1.165) is 12.0 Å². The Balaban J connectivity index is 1.86. The van der Waals surface area contributed by atoms with E-state index in [0.29, 0.717) is 11.3 Å². The molecule has 0 aliphatic heterocycles. The minimum absolute atomic E-state index is 0.361. The number of hydrazone groups is 1. The summed E-state index contributed by atoms with van der Waals surface area (Å²) in [6, 6.07) is 12.8. The largest absolute Gasteiger partial charge is 0.329 e. The highest BCUT2D eigenvalue weighted by atomic mass is 19.1. The number of nitrogens with one attached hydrogen (secondary N) is 2. The zero-order valence-electron chi connectivity index (χ0n) is 12.5. The molecule has 0 radical (unpaired) electrons. The van der Waals surface area contributed by atoms with Gasteiger partial charge in [-0.15, -0.1) is 0 Å². The molecule has 0 unspecified atom stereocenters. The van der Waals surface area contributed by atoms with Gasteiger partial charge in [-0.25, -0.2) is 9.82 Å². The van der Waals surface area contributed by atoms with E-state index < -0.39 is 11.8 Å². The van der Waals surface area contributed by atoms with Crippen LogP contribution in [0.25, 0.3) is 0 Å². The third-order valence-corrected chi connectivity index (χ3v) is 3.08. The minimum Gasteiger partial charge on any atom is -0.318 e. The van der Waals surface area contributed by atoms with E-state index in [4.69, 9.17) is 0 Å². The molecule has 0 spiro atoms. The fourth-order valence-corrected chi connectivity index (χ4v) is 1.78. The third kappa shape index (κ3) is 5.03. The zero-order valence-corrected chi connectivity index (χ0v) is 12.5. The van der Waals surface area contributed by atoms with Gasteiger partial charge in [0.2, 0.25) is 0 Å². The van der Waals surface area contributed by atoms with Crippen LogP contribution < -0.4 is 10.7 Å². The van der Waals surface area contributed by atoms with E-state index in [9.17, 15) is 14.0 Å². The van der Waals surface area contributed by atoms with Gasteiger partial charge in [-0.3, -0.25) is 9.59 Å². The van der Waals surface area contributed by atoms with Crippen molar-refractivity contribution in [3.05, 3.63) is 65.5 Å². The lowest BCUT2D eigenvalue weighted by Gasteiger charge is -2.04. The summed E-state index contributed by atoms with van der Waals surface area (Å²) < 4.78 is 12.7. The molecule has 2 N–H and O–H groups in total. The Morgan fingerprint density at radius 1 is 1.04 bits per heavy atom. The van der Waals surface area contributed by atoms with Crippen molar-refractivity contribution in [2.75, 3.05) is 5.32 Å². The highest BCUT2D eigenvalue weighted by Gasteiger charge is 2.12. The maximum absolute atomic E-state index is 12.7. The van der Waals surface area contributed by atoms with Crippen molar-refractivity contribution in [1.82, 2.24) is 5.43 Å². The van der Waals surface area contributed by atoms with Gasteiger partial charge >= 0.3 is 11.8 Å². The molecule has 0 saturated heterocycles. The van der Waals surface area contributed by atoms with E-state index in [-0.39, 0.29) is 5.82 Å². The highest BCUT2D eigenvalue weighted by molar-refractivity contribution is 6.39. The van der Waals surface area contributed by atoms with Gasteiger partial charge in [0.05, 0.1) is 6.21 Å². The van der Waals surface area contributed by atoms with Crippen LogP contribution in [0.4, 0.5) is 10.1 Å². The van der Waals surface area contributed by atoms with Crippen LogP contribution in [0.5, 0.6) is 0 Å². The standard InChI is InChI=1S/C17H16FN3O2/c1-2-12-5-9-15(10-6-12)20-16(22)17(23)21-19-11-13-3-7-14(18)8-4-13/h3-11H,2H2,1H3,(H,20,22)(H,21,23)/b19-11-. The molecule has 0 bridgehead atoms. The number of carbonyl (C=O) groups excluding carboxylic acids is 2. The van der Waals surface area contributed by atoms with Crippen LogP contribution in [0.3, 0.4) is 0 Å². The molecule has 0 aromatic heterocycles. The molecule has 2 aromatic carbocycles. The lowest BCUT2D eigenvalue weighted by atomic mass is 10.1. The van der Waals surface area contributed by atoms with Crippen LogP contribution in [0.2, 0.25) is 0 Å². The molecule has 0 heterocycles. The first-order valence-electron chi connectivity index (χ1n) is 7.07. The maximum Gasteiger partial charge on any atom is 0.329 e. The Bertz CT molecular complexity index is 710. The Labute approximate surface area is 133 Å². The minimum atomic E-state index is -0.886. The van der Waals surface area contributed by atoms with Gasteiger partial charge in [-0.1, -0.05) is 31.2 Å². The summed E-state index contributed by atoms with van der Waals surface area (Å²) >= 11 is 0.